The van der Waals surface area contributed by atoms with Gasteiger partial charge in [-0.3, -0.25) is 0 Å². The molecule has 112 heavy (non-hydrogen) atoms. The monoisotopic (exact) mass is 1460 g/mol. The molecule has 0 saturated heterocycles. The molecule has 0 aliphatic rings. The Labute approximate surface area is 657 Å². The minimum absolute atomic E-state index is 1.12. The van der Waals surface area contributed by atoms with Crippen molar-refractivity contribution in [3.8, 4) is 134 Å². The van der Waals surface area contributed by atoms with Gasteiger partial charge in [0, 0.05) is 73.3 Å². The highest BCUT2D eigenvalue weighted by Gasteiger charge is 2.20. The lowest BCUT2D eigenvalue weighted by Gasteiger charge is -2.12. The molecule has 0 amide bonds. The third kappa shape index (κ3) is 11.4. The van der Waals surface area contributed by atoms with Crippen molar-refractivity contribution < 1.29 is 0 Å². The van der Waals surface area contributed by atoms with Gasteiger partial charge in [-0.15, -0.1) is 22.7 Å². The average molecular weight is 1460 g/mol. The molecule has 0 bridgehead atoms. The molecule has 522 valence electrons. The first-order chi connectivity index (χ1) is 55.5. The van der Waals surface area contributed by atoms with E-state index in [1.807, 2.05) is 22.7 Å². The lowest BCUT2D eigenvalue weighted by Crippen LogP contribution is -1.94. The van der Waals surface area contributed by atoms with Crippen LogP contribution in [0.4, 0.5) is 0 Å². The first-order valence-corrected chi connectivity index (χ1v) is 40.0. The van der Waals surface area contributed by atoms with Gasteiger partial charge in [0.15, 0.2) is 0 Å². The van der Waals surface area contributed by atoms with Crippen molar-refractivity contribution in [3.63, 3.8) is 0 Å². The summed E-state index contributed by atoms with van der Waals surface area (Å²) in [5.41, 5.74) is 33.3. The van der Waals surface area contributed by atoms with Crippen molar-refractivity contribution in [2.24, 2.45) is 0 Å². The average Bonchev–Trinajstić information content (AvgIpc) is 1.59. The summed E-state index contributed by atoms with van der Waals surface area (Å²) >= 11 is 3.73. The molecule has 0 aliphatic carbocycles. The summed E-state index contributed by atoms with van der Waals surface area (Å²) in [5.74, 6) is 0. The summed E-state index contributed by atoms with van der Waals surface area (Å²) in [6.45, 7) is 0. The number of thiophene rings is 2. The number of benzene rings is 18. The molecule has 22 aromatic rings. The Kier molecular flexibility index (Phi) is 15.7. The van der Waals surface area contributed by atoms with Crippen molar-refractivity contribution >= 4 is 107 Å². The van der Waals surface area contributed by atoms with E-state index in [0.717, 1.165) is 11.4 Å². The van der Waals surface area contributed by atoms with Gasteiger partial charge in [-0.05, 0) is 213 Å². The summed E-state index contributed by atoms with van der Waals surface area (Å²) in [7, 11) is 0. The van der Waals surface area contributed by atoms with Crippen LogP contribution in [0, 0.1) is 0 Å². The van der Waals surface area contributed by atoms with Gasteiger partial charge in [0.2, 0.25) is 0 Å². The Hall–Kier alpha value is -14.0. The van der Waals surface area contributed by atoms with Gasteiger partial charge in [-0.25, -0.2) is 0 Å². The van der Waals surface area contributed by atoms with E-state index >= 15 is 0 Å². The summed E-state index contributed by atoms with van der Waals surface area (Å²) in [6.07, 6.45) is 0. The number of aromatic nitrogens is 2. The molecule has 22 rings (SSSR count). The zero-order valence-corrected chi connectivity index (χ0v) is 62.6. The summed E-state index contributed by atoms with van der Waals surface area (Å²) in [5, 5.41) is 10.2. The van der Waals surface area contributed by atoms with Crippen molar-refractivity contribution in [1.82, 2.24) is 9.13 Å². The Morgan fingerprint density at radius 1 is 0.143 bits per heavy atom. The quantitative estimate of drug-likeness (QED) is 0.109. The first-order valence-electron chi connectivity index (χ1n) is 38.4. The fourth-order valence-electron chi connectivity index (χ4n) is 17.3. The van der Waals surface area contributed by atoms with Crippen molar-refractivity contribution in [3.05, 3.63) is 413 Å². The Balaban J connectivity index is 0.540. The molecule has 0 unspecified atom stereocenters. The number of rotatable bonds is 13. The van der Waals surface area contributed by atoms with Gasteiger partial charge in [-0.1, -0.05) is 322 Å². The minimum Gasteiger partial charge on any atom is -0.309 e. The predicted octanol–water partition coefficient (Wildman–Crippen LogP) is 31.0. The molecule has 0 aliphatic heterocycles. The highest BCUT2D eigenvalue weighted by atomic mass is 32.1. The Morgan fingerprint density at radius 3 is 0.804 bits per heavy atom. The van der Waals surface area contributed by atoms with Crippen molar-refractivity contribution in [2.45, 2.75) is 0 Å². The molecular formula is C108H68N2S2. The normalized spacial score (nSPS) is 11.8. The molecule has 0 atom stereocenters. The Morgan fingerprint density at radius 2 is 0.402 bits per heavy atom. The van der Waals surface area contributed by atoms with Crippen molar-refractivity contribution in [1.29, 1.82) is 0 Å². The van der Waals surface area contributed by atoms with Crippen LogP contribution in [0.2, 0.25) is 0 Å². The molecule has 2 nitrogen and oxygen atoms in total. The van der Waals surface area contributed by atoms with Crippen molar-refractivity contribution in [2.75, 3.05) is 0 Å². The molecule has 4 heteroatoms. The smallest absolute Gasteiger partial charge is 0.0547 e. The molecular weight excluding hydrogens is 1390 g/mol. The molecule has 4 heterocycles. The standard InChI is InChI=1S/C108H68N2S2/c1-3-14-69(15-4-1)85-54-62-99-97(65-85)98-66-86(55-63-100(98)109(99)89-56-48-77(49-57-89)73-32-28-71(29-33-73)75-40-44-81(45-41-75)91-22-12-26-105-107(91)95-20-7-9-24-103(95)111-105)84-19-11-18-83(64-84)79-36-38-80(39-37-79)88-53-61-94-93-60-52-87(70-16-5-2-6-17-70)67-101(93)110(102(94)68-88)90-58-50-78(51-59-90)74-34-30-72(31-35-74)76-42-46-82(47-43-76)92-23-13-27-106-108(92)96-21-8-10-25-104(96)112-106/h1-68H. The Bertz CT molecular complexity index is 7390. The zero-order valence-electron chi connectivity index (χ0n) is 61.0. The summed E-state index contributed by atoms with van der Waals surface area (Å²) in [6, 6.07) is 153. The second-order valence-corrected chi connectivity index (χ2v) is 31.6. The number of nitrogens with zero attached hydrogens (tertiary/aromatic N) is 2. The number of hydrogen-bond donors (Lipinski definition) is 0. The van der Waals surface area contributed by atoms with Gasteiger partial charge in [0.1, 0.15) is 0 Å². The van der Waals surface area contributed by atoms with E-state index in [1.54, 1.807) is 0 Å². The predicted molar refractivity (Wildman–Crippen MR) is 481 cm³/mol. The topological polar surface area (TPSA) is 9.86 Å². The second kappa shape index (κ2) is 27.0. The highest BCUT2D eigenvalue weighted by Crippen LogP contribution is 2.46. The first kappa shape index (κ1) is 65.1. The molecule has 18 aromatic carbocycles. The molecule has 0 spiro atoms. The minimum atomic E-state index is 1.12. The molecule has 0 saturated carbocycles. The van der Waals surface area contributed by atoms with Crippen LogP contribution < -0.4 is 0 Å². The van der Waals surface area contributed by atoms with E-state index in [9.17, 15) is 0 Å². The third-order valence-corrected chi connectivity index (χ3v) is 25.3. The van der Waals surface area contributed by atoms with E-state index in [-0.39, 0.29) is 0 Å². The molecule has 0 radical (unpaired) electrons. The van der Waals surface area contributed by atoms with Crippen LogP contribution in [-0.4, -0.2) is 9.13 Å². The van der Waals surface area contributed by atoms with Crippen LogP contribution >= 0.6 is 22.7 Å². The van der Waals surface area contributed by atoms with Crippen LogP contribution in [0.25, 0.3) is 218 Å². The van der Waals surface area contributed by atoms with Gasteiger partial charge in [0.05, 0.1) is 22.1 Å². The van der Waals surface area contributed by atoms with Gasteiger partial charge >= 0.3 is 0 Å². The molecule has 4 aromatic heterocycles. The fraction of sp³-hybridized carbons (Fsp3) is 0. The summed E-state index contributed by atoms with van der Waals surface area (Å²) in [4.78, 5) is 0. The largest absolute Gasteiger partial charge is 0.309 e. The third-order valence-electron chi connectivity index (χ3n) is 23.0. The van der Waals surface area contributed by atoms with Crippen LogP contribution in [0.1, 0.15) is 0 Å². The maximum Gasteiger partial charge on any atom is 0.0547 e. The molecule has 0 fully saturated rings. The van der Waals surface area contributed by atoms with Crippen LogP contribution in [-0.2, 0) is 0 Å². The van der Waals surface area contributed by atoms with E-state index in [4.69, 9.17) is 0 Å². The van der Waals surface area contributed by atoms with Gasteiger partial charge in [0.25, 0.3) is 0 Å². The molecule has 0 N–H and O–H groups in total. The second-order valence-electron chi connectivity index (χ2n) is 29.4. The van der Waals surface area contributed by atoms with E-state index in [2.05, 4.69) is 422 Å². The zero-order chi connectivity index (χ0) is 73.7. The lowest BCUT2D eigenvalue weighted by atomic mass is 9.96. The maximum atomic E-state index is 2.46. The highest BCUT2D eigenvalue weighted by molar-refractivity contribution is 7.26. The van der Waals surface area contributed by atoms with E-state index in [0.29, 0.717) is 0 Å². The maximum absolute atomic E-state index is 2.46. The fourth-order valence-corrected chi connectivity index (χ4v) is 19.6. The number of fused-ring (bicyclic) bond motifs is 12. The van der Waals surface area contributed by atoms with E-state index in [1.165, 1.54) is 206 Å². The van der Waals surface area contributed by atoms with Crippen LogP contribution in [0.5, 0.6) is 0 Å². The summed E-state index contributed by atoms with van der Waals surface area (Å²) < 4.78 is 10.2. The van der Waals surface area contributed by atoms with Gasteiger partial charge in [-0.2, -0.15) is 0 Å². The van der Waals surface area contributed by atoms with Crippen LogP contribution in [0.3, 0.4) is 0 Å². The van der Waals surface area contributed by atoms with Crippen LogP contribution in [0.15, 0.2) is 413 Å². The van der Waals surface area contributed by atoms with E-state index < -0.39 is 0 Å². The number of hydrogen-bond acceptors (Lipinski definition) is 2. The SMILES string of the molecule is c1ccc(-c2ccc3c(c2)c2cc(-c4cccc(-c5ccc(-c6ccc7c8ccc(-c9ccccc9)cc8n(-c8ccc(-c9ccc(-c%10ccc(-c%11cccc%12sc%13ccccc%13c%11%12)cc%10)cc9)cc8)c7c6)cc5)c4)ccc2n3-c2ccc(-c3ccc(-c4ccc(-c5cccc6sc7ccccc7c56)cc4)cc3)cc2)cc1. The van der Waals surface area contributed by atoms with Gasteiger partial charge < -0.3 is 9.13 Å². The lowest BCUT2D eigenvalue weighted by molar-refractivity contribution is 1.18.